The third-order valence-electron chi connectivity index (χ3n) is 6.09. The van der Waals surface area contributed by atoms with Crippen LogP contribution in [0.2, 0.25) is 0 Å². The Morgan fingerprint density at radius 3 is 2.55 bits per heavy atom. The Bertz CT molecular complexity index is 1170. The summed E-state index contributed by atoms with van der Waals surface area (Å²) in [5.74, 6) is -0.853. The number of nitrogens with one attached hydrogen (secondary N) is 1. The van der Waals surface area contributed by atoms with Crippen LogP contribution < -0.4 is 15.8 Å². The molecule has 1 heterocycles. The average Bonchev–Trinajstić information content (AvgIpc) is 2.80. The van der Waals surface area contributed by atoms with Crippen molar-refractivity contribution in [1.82, 2.24) is 9.78 Å². The quantitative estimate of drug-likeness (QED) is 0.654. The third kappa shape index (κ3) is 4.17. The fourth-order valence-corrected chi connectivity index (χ4v) is 4.34. The summed E-state index contributed by atoms with van der Waals surface area (Å²) in [6, 6.07) is 12.0. The number of amides is 1. The van der Waals surface area contributed by atoms with Gasteiger partial charge in [0.05, 0.1) is 11.1 Å². The summed E-state index contributed by atoms with van der Waals surface area (Å²) in [6.45, 7) is 2.14. The van der Waals surface area contributed by atoms with Crippen molar-refractivity contribution in [3.8, 4) is 0 Å². The summed E-state index contributed by atoms with van der Waals surface area (Å²) in [6.07, 6.45) is 5.73. The molecule has 31 heavy (non-hydrogen) atoms. The maximum atomic E-state index is 14.9. The summed E-state index contributed by atoms with van der Waals surface area (Å²) < 4.78 is 16.1. The molecule has 1 aliphatic rings. The van der Waals surface area contributed by atoms with Gasteiger partial charge >= 0.3 is 0 Å². The largest absolute Gasteiger partial charge is 0.369 e. The van der Waals surface area contributed by atoms with E-state index < -0.39 is 5.91 Å². The third-order valence-corrected chi connectivity index (χ3v) is 6.09. The Balaban J connectivity index is 1.60. The smallest absolute Gasteiger partial charge is 0.276 e. The van der Waals surface area contributed by atoms with Crippen molar-refractivity contribution >= 4 is 28.1 Å². The summed E-state index contributed by atoms with van der Waals surface area (Å²) in [5.41, 5.74) is 0.785. The number of halogens is 1. The van der Waals surface area contributed by atoms with Crippen molar-refractivity contribution in [2.24, 2.45) is 0 Å². The number of nitrogens with zero attached hydrogens (tertiary/aromatic N) is 3. The van der Waals surface area contributed by atoms with Crippen LogP contribution in [0.15, 0.2) is 47.3 Å². The lowest BCUT2D eigenvalue weighted by Gasteiger charge is -2.33. The Labute approximate surface area is 180 Å². The number of anilines is 2. The van der Waals surface area contributed by atoms with Crippen LogP contribution in [0.1, 0.15) is 49.5 Å². The van der Waals surface area contributed by atoms with Crippen LogP contribution in [-0.4, -0.2) is 28.8 Å². The van der Waals surface area contributed by atoms with Crippen LogP contribution >= 0.6 is 0 Å². The first kappa shape index (κ1) is 21.0. The second-order valence-electron chi connectivity index (χ2n) is 8.04. The normalized spacial score (nSPS) is 14.5. The van der Waals surface area contributed by atoms with Crippen LogP contribution in [0.3, 0.4) is 0 Å². The van der Waals surface area contributed by atoms with Crippen molar-refractivity contribution in [1.29, 1.82) is 0 Å². The molecule has 162 valence electrons. The molecular weight excluding hydrogens is 395 g/mol. The summed E-state index contributed by atoms with van der Waals surface area (Å²) in [5, 5.41) is 7.87. The predicted molar refractivity (Wildman–Crippen MR) is 121 cm³/mol. The molecule has 3 aromatic rings. The number of rotatable bonds is 5. The second-order valence-corrected chi connectivity index (χ2v) is 8.04. The molecule has 0 spiro atoms. The van der Waals surface area contributed by atoms with Gasteiger partial charge in [-0.2, -0.15) is 5.10 Å². The van der Waals surface area contributed by atoms with Crippen molar-refractivity contribution in [3.63, 3.8) is 0 Å². The van der Waals surface area contributed by atoms with Crippen LogP contribution in [0.4, 0.5) is 15.8 Å². The molecule has 0 bridgehead atoms. The molecule has 1 saturated carbocycles. The van der Waals surface area contributed by atoms with Crippen LogP contribution in [0.5, 0.6) is 0 Å². The molecule has 0 aliphatic heterocycles. The zero-order valence-corrected chi connectivity index (χ0v) is 17.9. The zero-order chi connectivity index (χ0) is 22.0. The molecule has 0 unspecified atom stereocenters. The van der Waals surface area contributed by atoms with E-state index >= 15 is 0 Å². The molecule has 1 fully saturated rings. The number of carbonyl (C=O) groups is 1. The lowest BCUT2D eigenvalue weighted by atomic mass is 9.94. The number of benzene rings is 2. The minimum Gasteiger partial charge on any atom is -0.369 e. The molecule has 1 aromatic heterocycles. The van der Waals surface area contributed by atoms with Crippen molar-refractivity contribution in [2.45, 2.75) is 51.6 Å². The second kappa shape index (κ2) is 8.88. The van der Waals surface area contributed by atoms with Crippen LogP contribution in [-0.2, 0) is 6.54 Å². The number of carbonyl (C=O) groups excluding carboxylic acids is 1. The first-order valence-electron chi connectivity index (χ1n) is 10.8. The predicted octanol–water partition coefficient (Wildman–Crippen LogP) is 4.58. The van der Waals surface area contributed by atoms with E-state index in [2.05, 4.69) is 10.4 Å². The number of aromatic nitrogens is 2. The molecule has 7 heteroatoms. The van der Waals surface area contributed by atoms with Gasteiger partial charge in [-0.3, -0.25) is 9.59 Å². The first-order valence-corrected chi connectivity index (χ1v) is 10.8. The average molecular weight is 423 g/mol. The number of aryl methyl sites for hydroxylation is 1. The van der Waals surface area contributed by atoms with E-state index in [1.54, 1.807) is 43.3 Å². The van der Waals surface area contributed by atoms with Crippen molar-refractivity contribution < 1.29 is 9.18 Å². The summed E-state index contributed by atoms with van der Waals surface area (Å²) >= 11 is 0. The van der Waals surface area contributed by atoms with Gasteiger partial charge in [-0.15, -0.1) is 0 Å². The van der Waals surface area contributed by atoms with Gasteiger partial charge in [0.2, 0.25) is 0 Å². The highest BCUT2D eigenvalue weighted by molar-refractivity contribution is 6.11. The van der Waals surface area contributed by atoms with Gasteiger partial charge in [-0.25, -0.2) is 9.07 Å². The molecule has 0 radical (unpaired) electrons. The number of hydrogen-bond donors (Lipinski definition) is 1. The maximum absolute atomic E-state index is 14.9. The Morgan fingerprint density at radius 2 is 1.87 bits per heavy atom. The van der Waals surface area contributed by atoms with E-state index in [0.717, 1.165) is 12.8 Å². The summed E-state index contributed by atoms with van der Waals surface area (Å²) in [4.78, 5) is 27.5. The monoisotopic (exact) mass is 422 g/mol. The van der Waals surface area contributed by atoms with Gasteiger partial charge in [0.1, 0.15) is 5.82 Å². The van der Waals surface area contributed by atoms with E-state index in [9.17, 15) is 14.0 Å². The highest BCUT2D eigenvalue weighted by atomic mass is 19.1. The van der Waals surface area contributed by atoms with E-state index in [1.807, 2.05) is 11.9 Å². The van der Waals surface area contributed by atoms with Gasteiger partial charge in [0, 0.05) is 30.7 Å². The molecule has 0 atom stereocenters. The summed E-state index contributed by atoms with van der Waals surface area (Å²) in [7, 11) is 1.93. The fourth-order valence-electron chi connectivity index (χ4n) is 4.34. The zero-order valence-electron chi connectivity index (χ0n) is 17.9. The van der Waals surface area contributed by atoms with Crippen LogP contribution in [0, 0.1) is 5.82 Å². The molecule has 2 aromatic carbocycles. The van der Waals surface area contributed by atoms with Gasteiger partial charge in [-0.05, 0) is 44.0 Å². The maximum Gasteiger partial charge on any atom is 0.276 e. The Morgan fingerprint density at radius 1 is 1.16 bits per heavy atom. The van der Waals surface area contributed by atoms with E-state index in [4.69, 9.17) is 0 Å². The van der Waals surface area contributed by atoms with E-state index in [-0.39, 0.29) is 17.1 Å². The molecule has 1 amide bonds. The molecule has 0 saturated heterocycles. The first-order chi connectivity index (χ1) is 15.0. The van der Waals surface area contributed by atoms with Gasteiger partial charge in [0.15, 0.2) is 5.69 Å². The van der Waals surface area contributed by atoms with Crippen molar-refractivity contribution in [3.05, 3.63) is 64.3 Å². The lowest BCUT2D eigenvalue weighted by Crippen LogP contribution is -2.33. The molecule has 6 nitrogen and oxygen atoms in total. The topological polar surface area (TPSA) is 67.2 Å². The van der Waals surface area contributed by atoms with E-state index in [1.165, 1.54) is 30.0 Å². The fraction of sp³-hybridized carbons (Fsp3) is 0.375. The standard InChI is InChI=1S/C24H27FN4O2/c1-3-29-24(31)19-12-8-7-11-18(19)22(27-29)23(30)26-16-13-14-21(20(25)15-16)28(2)17-9-5-4-6-10-17/h7-8,11-15,17H,3-6,9-10H2,1-2H3,(H,26,30). The number of hydrogen-bond acceptors (Lipinski definition) is 4. The minimum absolute atomic E-state index is 0.140. The lowest BCUT2D eigenvalue weighted by molar-refractivity contribution is 0.102. The highest BCUT2D eigenvalue weighted by Gasteiger charge is 2.21. The van der Waals surface area contributed by atoms with Gasteiger partial charge < -0.3 is 10.2 Å². The molecular formula is C24H27FN4O2. The van der Waals surface area contributed by atoms with Gasteiger partial charge in [0.25, 0.3) is 11.5 Å². The van der Waals surface area contributed by atoms with Crippen LogP contribution in [0.25, 0.3) is 10.8 Å². The SMILES string of the molecule is CCn1nc(C(=O)Nc2ccc(N(C)C3CCCCC3)c(F)c2)c2ccccc2c1=O. The van der Waals surface area contributed by atoms with Crippen molar-refractivity contribution in [2.75, 3.05) is 17.3 Å². The van der Waals surface area contributed by atoms with Gasteiger partial charge in [-0.1, -0.05) is 37.5 Å². The molecule has 4 rings (SSSR count). The number of fused-ring (bicyclic) bond motifs is 1. The molecule has 1 aliphatic carbocycles. The molecule has 1 N–H and O–H groups in total. The van der Waals surface area contributed by atoms with E-state index in [0.29, 0.717) is 34.7 Å². The Kier molecular flexibility index (Phi) is 6.02. The Hall–Kier alpha value is -3.22. The highest BCUT2D eigenvalue weighted by Crippen LogP contribution is 2.29. The minimum atomic E-state index is -0.480.